The highest BCUT2D eigenvalue weighted by Crippen LogP contribution is 1.96. The highest BCUT2D eigenvalue weighted by atomic mass is 35.5. The number of rotatable bonds is 1. The minimum absolute atomic E-state index is 0.239. The first kappa shape index (κ1) is 6.54. The number of hydrogen-bond acceptors (Lipinski definition) is 4. The van der Waals surface area contributed by atoms with Crippen LogP contribution in [0, 0.1) is 0 Å². The average Bonchev–Trinajstić information content (AvgIpc) is 1.89. The van der Waals surface area contributed by atoms with Crippen LogP contribution >= 0.6 is 11.6 Å². The van der Waals surface area contributed by atoms with Crippen molar-refractivity contribution in [3.63, 3.8) is 0 Å². The predicted molar refractivity (Wildman–Crippen MR) is 36.7 cm³/mol. The van der Waals surface area contributed by atoms with Crippen LogP contribution in [0.3, 0.4) is 0 Å². The van der Waals surface area contributed by atoms with E-state index in [1.165, 1.54) is 0 Å². The molecule has 5 heteroatoms. The summed E-state index contributed by atoms with van der Waals surface area (Å²) in [6.45, 7) is 0. The van der Waals surface area contributed by atoms with E-state index in [4.69, 9.17) is 17.4 Å². The first-order valence-corrected chi connectivity index (χ1v) is 2.83. The topological polar surface area (TPSA) is 62.4 Å². The number of halogens is 1. The molecule has 9 heavy (non-hydrogen) atoms. The fourth-order valence-electron chi connectivity index (χ4n) is 0.508. The summed E-state index contributed by atoms with van der Waals surface area (Å²) in [6.07, 6.45) is 2.99. The summed E-state index contributed by atoms with van der Waals surface area (Å²) < 4.78 is 0. The van der Waals surface area contributed by atoms with Crippen LogP contribution in [0.25, 0.3) is 0 Å². The fraction of sp³-hybridized carbons (Fsp3) is 0.250. The highest BCUT2D eigenvalue weighted by molar-refractivity contribution is 6.66. The van der Waals surface area contributed by atoms with Crippen molar-refractivity contribution in [1.29, 1.82) is 0 Å². The lowest BCUT2D eigenvalue weighted by Crippen LogP contribution is -2.48. The molecule has 0 unspecified atom stereocenters. The van der Waals surface area contributed by atoms with Crippen LogP contribution in [0.15, 0.2) is 17.4 Å². The summed E-state index contributed by atoms with van der Waals surface area (Å²) in [5, 5.41) is 3.26. The number of hydrazine groups is 1. The Morgan fingerprint density at radius 3 is 3.11 bits per heavy atom. The smallest absolute Gasteiger partial charge is 0.144 e. The first-order valence-electron chi connectivity index (χ1n) is 2.45. The van der Waals surface area contributed by atoms with Crippen LogP contribution in [0.2, 0.25) is 0 Å². The van der Waals surface area contributed by atoms with Crippen molar-refractivity contribution in [3.8, 4) is 0 Å². The van der Waals surface area contributed by atoms with E-state index in [0.717, 1.165) is 0 Å². The minimum atomic E-state index is -0.239. The maximum Gasteiger partial charge on any atom is 0.144 e. The van der Waals surface area contributed by atoms with Crippen molar-refractivity contribution < 1.29 is 0 Å². The van der Waals surface area contributed by atoms with E-state index in [9.17, 15) is 0 Å². The van der Waals surface area contributed by atoms with Crippen LogP contribution in [-0.2, 0) is 0 Å². The summed E-state index contributed by atoms with van der Waals surface area (Å²) in [4.78, 5) is 3.78. The van der Waals surface area contributed by atoms with Crippen molar-refractivity contribution >= 4 is 16.8 Å². The fourth-order valence-corrected chi connectivity index (χ4v) is 0.690. The molecule has 0 saturated carbocycles. The van der Waals surface area contributed by atoms with Gasteiger partial charge in [0, 0.05) is 12.4 Å². The van der Waals surface area contributed by atoms with Gasteiger partial charge in [-0.2, -0.15) is 0 Å². The average molecular weight is 147 g/mol. The van der Waals surface area contributed by atoms with E-state index in [2.05, 4.69) is 15.7 Å². The van der Waals surface area contributed by atoms with Crippen molar-refractivity contribution in [2.24, 2.45) is 10.8 Å². The van der Waals surface area contributed by atoms with Gasteiger partial charge in [0.25, 0.3) is 0 Å². The second kappa shape index (κ2) is 2.82. The number of nitrogens with zero attached hydrogens (tertiary/aromatic N) is 1. The molecule has 1 rings (SSSR count). The molecule has 0 amide bonds. The van der Waals surface area contributed by atoms with Gasteiger partial charge in [-0.1, -0.05) is 11.6 Å². The third kappa shape index (κ3) is 1.41. The Labute approximate surface area is 57.7 Å². The van der Waals surface area contributed by atoms with Gasteiger partial charge in [-0.3, -0.25) is 5.84 Å². The Bertz CT molecular complexity index is 153. The van der Waals surface area contributed by atoms with Gasteiger partial charge in [-0.25, -0.2) is 10.4 Å². The summed E-state index contributed by atoms with van der Waals surface area (Å²) in [5.41, 5.74) is 2.43. The van der Waals surface area contributed by atoms with Gasteiger partial charge in [0.2, 0.25) is 0 Å². The molecule has 4 nitrogen and oxygen atoms in total. The highest BCUT2D eigenvalue weighted by Gasteiger charge is 2.10. The summed E-state index contributed by atoms with van der Waals surface area (Å²) >= 11 is 5.58. The van der Waals surface area contributed by atoms with E-state index < -0.39 is 0 Å². The lowest BCUT2D eigenvalue weighted by atomic mass is 10.5. The molecule has 0 aromatic carbocycles. The molecule has 0 bridgehead atoms. The number of aliphatic imine (C=N–C) groups is 1. The maximum absolute atomic E-state index is 5.58. The zero-order chi connectivity index (χ0) is 6.69. The SMILES string of the molecule is NN[C@H]1NC=CN=C1Cl. The van der Waals surface area contributed by atoms with Gasteiger partial charge in [0.05, 0.1) is 0 Å². The van der Waals surface area contributed by atoms with E-state index in [1.807, 2.05) is 0 Å². The summed E-state index contributed by atoms with van der Waals surface area (Å²) in [7, 11) is 0. The molecule has 1 aliphatic heterocycles. The largest absolute Gasteiger partial charge is 0.368 e. The van der Waals surface area contributed by atoms with Gasteiger partial charge in [-0.05, 0) is 0 Å². The molecule has 1 heterocycles. The molecule has 0 aromatic rings. The van der Waals surface area contributed by atoms with Crippen molar-refractivity contribution in [3.05, 3.63) is 12.4 Å². The van der Waals surface area contributed by atoms with E-state index in [0.29, 0.717) is 5.17 Å². The molecule has 0 aromatic heterocycles. The Morgan fingerprint density at radius 2 is 2.67 bits per heavy atom. The Morgan fingerprint density at radius 1 is 1.89 bits per heavy atom. The van der Waals surface area contributed by atoms with Gasteiger partial charge in [0.15, 0.2) is 0 Å². The Kier molecular flexibility index (Phi) is 2.05. The summed E-state index contributed by atoms with van der Waals surface area (Å²) in [6, 6.07) is 0. The molecule has 50 valence electrons. The molecule has 0 fully saturated rings. The van der Waals surface area contributed by atoms with Crippen molar-refractivity contribution in [1.82, 2.24) is 10.7 Å². The van der Waals surface area contributed by atoms with Crippen molar-refractivity contribution in [2.75, 3.05) is 0 Å². The quantitative estimate of drug-likeness (QED) is 0.345. The van der Waals surface area contributed by atoms with Crippen LogP contribution in [-0.4, -0.2) is 11.3 Å². The van der Waals surface area contributed by atoms with Gasteiger partial charge < -0.3 is 5.32 Å². The molecular formula is C4H7ClN4. The number of nitrogens with two attached hydrogens (primary N) is 1. The van der Waals surface area contributed by atoms with Gasteiger partial charge >= 0.3 is 0 Å². The number of hydrogen-bond donors (Lipinski definition) is 3. The Hall–Kier alpha value is -0.580. The first-order chi connectivity index (χ1) is 4.34. The maximum atomic E-state index is 5.58. The molecule has 0 radical (unpaired) electrons. The molecule has 0 aliphatic carbocycles. The van der Waals surface area contributed by atoms with Crippen LogP contribution < -0.4 is 16.6 Å². The molecule has 1 atom stereocenters. The summed E-state index contributed by atoms with van der Waals surface area (Å²) in [5.74, 6) is 5.08. The third-order valence-electron chi connectivity index (χ3n) is 0.940. The minimum Gasteiger partial charge on any atom is -0.368 e. The third-order valence-corrected chi connectivity index (χ3v) is 1.26. The van der Waals surface area contributed by atoms with Gasteiger partial charge in [0.1, 0.15) is 11.3 Å². The van der Waals surface area contributed by atoms with Gasteiger partial charge in [-0.15, -0.1) is 0 Å². The number of nitrogens with one attached hydrogen (secondary N) is 2. The lowest BCUT2D eigenvalue weighted by molar-refractivity contribution is 0.599. The van der Waals surface area contributed by atoms with E-state index in [-0.39, 0.29) is 6.17 Å². The zero-order valence-corrected chi connectivity index (χ0v) is 5.39. The lowest BCUT2D eigenvalue weighted by Gasteiger charge is -2.15. The van der Waals surface area contributed by atoms with Crippen LogP contribution in [0.1, 0.15) is 0 Å². The van der Waals surface area contributed by atoms with E-state index in [1.54, 1.807) is 12.4 Å². The zero-order valence-electron chi connectivity index (χ0n) is 4.63. The van der Waals surface area contributed by atoms with Crippen LogP contribution in [0.4, 0.5) is 0 Å². The standard InChI is InChI=1S/C4H7ClN4/c5-3-4(9-6)8-2-1-7-3/h1-2,4,8-9H,6H2/t4-/m1/s1. The second-order valence-corrected chi connectivity index (χ2v) is 1.92. The van der Waals surface area contributed by atoms with Crippen molar-refractivity contribution in [2.45, 2.75) is 6.17 Å². The molecular weight excluding hydrogens is 140 g/mol. The Balaban J connectivity index is 2.59. The predicted octanol–water partition coefficient (Wildman–Crippen LogP) is -0.512. The normalized spacial score (nSPS) is 25.1. The molecule has 1 aliphatic rings. The monoisotopic (exact) mass is 146 g/mol. The molecule has 0 saturated heterocycles. The van der Waals surface area contributed by atoms with E-state index >= 15 is 0 Å². The molecule has 4 N–H and O–H groups in total. The second-order valence-electron chi connectivity index (χ2n) is 1.53. The molecule has 0 spiro atoms. The van der Waals surface area contributed by atoms with Crippen LogP contribution in [0.5, 0.6) is 0 Å².